The topological polar surface area (TPSA) is 87.3 Å². The normalized spacial score (nSPS) is 13.3. The van der Waals surface area contributed by atoms with E-state index >= 15 is 0 Å². The Morgan fingerprint density at radius 3 is 2.67 bits per heavy atom. The van der Waals surface area contributed by atoms with E-state index in [-0.39, 0.29) is 12.4 Å². The van der Waals surface area contributed by atoms with E-state index in [0.717, 1.165) is 22.2 Å². The maximum absolute atomic E-state index is 13.5. The van der Waals surface area contributed by atoms with E-state index in [9.17, 15) is 9.18 Å². The lowest BCUT2D eigenvalue weighted by Gasteiger charge is -2.30. The third kappa shape index (κ3) is 5.03. The first kappa shape index (κ1) is 21.5. The number of hydrogen-bond acceptors (Lipinski definition) is 5. The van der Waals surface area contributed by atoms with E-state index in [1.54, 1.807) is 25.4 Å². The number of carbonyl (C=O) groups is 1. The van der Waals surface area contributed by atoms with E-state index in [2.05, 4.69) is 9.97 Å². The summed E-state index contributed by atoms with van der Waals surface area (Å²) in [5.74, 6) is 0.554. The molecule has 0 spiro atoms. The van der Waals surface area contributed by atoms with Gasteiger partial charge in [-0.05, 0) is 56.0 Å². The van der Waals surface area contributed by atoms with Gasteiger partial charge in [0.25, 0.3) is 0 Å². The van der Waals surface area contributed by atoms with Gasteiger partial charge < -0.3 is 15.2 Å². The van der Waals surface area contributed by atoms with Gasteiger partial charge in [-0.3, -0.25) is 9.97 Å². The number of halogens is 1. The smallest absolute Gasteiger partial charge is 0.405 e. The van der Waals surface area contributed by atoms with Gasteiger partial charge in [0, 0.05) is 23.2 Å². The number of benzene rings is 1. The third-order valence-corrected chi connectivity index (χ3v) is 4.76. The van der Waals surface area contributed by atoms with Gasteiger partial charge in [-0.25, -0.2) is 9.18 Å². The number of amides is 1. The van der Waals surface area contributed by atoms with Gasteiger partial charge in [-0.15, -0.1) is 0 Å². The predicted octanol–water partition coefficient (Wildman–Crippen LogP) is 5.02. The summed E-state index contributed by atoms with van der Waals surface area (Å²) in [6, 6.07) is 8.27. The number of rotatable bonds is 7. The van der Waals surface area contributed by atoms with Crippen molar-refractivity contribution < 1.29 is 18.7 Å². The second kappa shape index (κ2) is 8.65. The van der Waals surface area contributed by atoms with Crippen molar-refractivity contribution in [2.45, 2.75) is 39.7 Å². The van der Waals surface area contributed by atoms with Crippen molar-refractivity contribution >= 4 is 17.0 Å². The Labute approximate surface area is 175 Å². The zero-order chi connectivity index (χ0) is 21.9. The monoisotopic (exact) mass is 411 g/mol. The van der Waals surface area contributed by atoms with Crippen LogP contribution in [0.5, 0.6) is 5.75 Å². The molecule has 0 radical (unpaired) electrons. The van der Waals surface area contributed by atoms with Crippen LogP contribution in [0.4, 0.5) is 9.18 Å². The van der Waals surface area contributed by atoms with Crippen LogP contribution in [0, 0.1) is 18.7 Å². The maximum Gasteiger partial charge on any atom is 0.405 e. The molecule has 0 unspecified atom stereocenters. The summed E-state index contributed by atoms with van der Waals surface area (Å²) in [4.78, 5) is 20.1. The van der Waals surface area contributed by atoms with Crippen molar-refractivity contribution in [3.63, 3.8) is 0 Å². The number of nitrogens with two attached hydrogens (primary N) is 1. The van der Waals surface area contributed by atoms with Crippen LogP contribution in [0.15, 0.2) is 42.7 Å². The van der Waals surface area contributed by atoms with Crippen LogP contribution in [0.2, 0.25) is 0 Å². The number of ether oxygens (including phenoxy) is 2. The van der Waals surface area contributed by atoms with Gasteiger partial charge in [-0.1, -0.05) is 13.8 Å². The molecule has 1 atom stereocenters. The van der Waals surface area contributed by atoms with Crippen LogP contribution in [0.3, 0.4) is 0 Å². The summed E-state index contributed by atoms with van der Waals surface area (Å²) in [5.41, 5.74) is 7.43. The zero-order valence-corrected chi connectivity index (χ0v) is 17.6. The Kier molecular flexibility index (Phi) is 6.20. The quantitative estimate of drug-likeness (QED) is 0.590. The lowest BCUT2D eigenvalue weighted by molar-refractivity contribution is -0.0188. The summed E-state index contributed by atoms with van der Waals surface area (Å²) in [6.45, 7) is 7.95. The van der Waals surface area contributed by atoms with Crippen LogP contribution in [-0.2, 0) is 4.74 Å². The van der Waals surface area contributed by atoms with E-state index in [1.807, 2.05) is 32.9 Å². The summed E-state index contributed by atoms with van der Waals surface area (Å²) < 4.78 is 24.8. The average molecular weight is 411 g/mol. The molecular formula is C23H26FN3O3. The second-order valence-electron chi connectivity index (χ2n) is 8.11. The summed E-state index contributed by atoms with van der Waals surface area (Å²) >= 11 is 0. The molecular weight excluding hydrogens is 385 g/mol. The van der Waals surface area contributed by atoms with Crippen LogP contribution >= 0.6 is 0 Å². The van der Waals surface area contributed by atoms with Crippen LogP contribution in [-0.4, -0.2) is 28.3 Å². The SMILES string of the molecule is Cc1cc(-c2ccnc3cc(F)ccc23)ncc1OC[C@](C)(CC(C)C)OC(N)=O. The molecule has 2 heterocycles. The Balaban J connectivity index is 1.85. The Hall–Kier alpha value is -3.22. The average Bonchev–Trinajstić information content (AvgIpc) is 2.65. The first-order valence-corrected chi connectivity index (χ1v) is 9.79. The van der Waals surface area contributed by atoms with E-state index in [4.69, 9.17) is 15.2 Å². The van der Waals surface area contributed by atoms with E-state index in [1.165, 1.54) is 12.1 Å². The molecule has 3 aromatic rings. The van der Waals surface area contributed by atoms with Gasteiger partial charge in [0.2, 0.25) is 0 Å². The molecule has 6 nitrogen and oxygen atoms in total. The first-order chi connectivity index (χ1) is 14.2. The van der Waals surface area contributed by atoms with Crippen LogP contribution < -0.4 is 10.5 Å². The molecule has 158 valence electrons. The zero-order valence-electron chi connectivity index (χ0n) is 17.6. The summed E-state index contributed by atoms with van der Waals surface area (Å²) in [5, 5.41) is 0.818. The molecule has 2 aromatic heterocycles. The standard InChI is InChI=1S/C23H26FN3O3/c1-14(2)11-23(4,30-22(25)28)13-29-21-12-27-19(9-15(21)3)18-7-8-26-20-10-16(24)5-6-17(18)20/h5-10,12,14H,11,13H2,1-4H3,(H2,25,28)/t23-/m0/s1. The van der Waals surface area contributed by atoms with Gasteiger partial charge in [0.1, 0.15) is 23.8 Å². The largest absolute Gasteiger partial charge is 0.488 e. The number of aryl methyl sites for hydroxylation is 1. The van der Waals surface area contributed by atoms with Crippen molar-refractivity contribution in [2.75, 3.05) is 6.61 Å². The van der Waals surface area contributed by atoms with Crippen molar-refractivity contribution in [3.05, 3.63) is 54.1 Å². The number of nitrogens with zero attached hydrogens (tertiary/aromatic N) is 2. The summed E-state index contributed by atoms with van der Waals surface area (Å²) in [6.07, 6.45) is 3.06. The fourth-order valence-corrected chi connectivity index (χ4v) is 3.65. The van der Waals surface area contributed by atoms with E-state index in [0.29, 0.717) is 23.6 Å². The van der Waals surface area contributed by atoms with Gasteiger partial charge in [-0.2, -0.15) is 0 Å². The third-order valence-electron chi connectivity index (χ3n) is 4.76. The molecule has 3 rings (SSSR count). The maximum atomic E-state index is 13.5. The minimum absolute atomic E-state index is 0.160. The molecule has 1 aromatic carbocycles. The number of carbonyl (C=O) groups excluding carboxylic acids is 1. The molecule has 1 amide bonds. The number of hydrogen-bond donors (Lipinski definition) is 1. The highest BCUT2D eigenvalue weighted by Gasteiger charge is 2.30. The minimum atomic E-state index is -0.837. The fourth-order valence-electron chi connectivity index (χ4n) is 3.65. The van der Waals surface area contributed by atoms with Crippen molar-refractivity contribution in [1.29, 1.82) is 0 Å². The molecule has 0 aliphatic heterocycles. The number of primary amides is 1. The number of fused-ring (bicyclic) bond motifs is 1. The van der Waals surface area contributed by atoms with Gasteiger partial charge in [0.05, 0.1) is 17.4 Å². The minimum Gasteiger partial charge on any atom is -0.488 e. The summed E-state index contributed by atoms with van der Waals surface area (Å²) in [7, 11) is 0. The Morgan fingerprint density at radius 1 is 1.23 bits per heavy atom. The molecule has 0 saturated carbocycles. The molecule has 0 aliphatic rings. The lowest BCUT2D eigenvalue weighted by Crippen LogP contribution is -2.41. The molecule has 2 N–H and O–H groups in total. The van der Waals surface area contributed by atoms with Gasteiger partial charge in [0.15, 0.2) is 0 Å². The number of aromatic nitrogens is 2. The van der Waals surface area contributed by atoms with Crippen molar-refractivity contribution in [1.82, 2.24) is 9.97 Å². The molecule has 0 aliphatic carbocycles. The van der Waals surface area contributed by atoms with Crippen LogP contribution in [0.25, 0.3) is 22.2 Å². The van der Waals surface area contributed by atoms with E-state index < -0.39 is 11.7 Å². The molecule has 0 fully saturated rings. The highest BCUT2D eigenvalue weighted by molar-refractivity contribution is 5.93. The lowest BCUT2D eigenvalue weighted by atomic mass is 9.95. The molecule has 0 saturated heterocycles. The molecule has 0 bridgehead atoms. The van der Waals surface area contributed by atoms with Crippen molar-refractivity contribution in [3.8, 4) is 17.0 Å². The number of pyridine rings is 2. The fraction of sp³-hybridized carbons (Fsp3) is 0.348. The Morgan fingerprint density at radius 2 is 2.00 bits per heavy atom. The first-order valence-electron chi connectivity index (χ1n) is 9.79. The Bertz CT molecular complexity index is 1070. The molecule has 30 heavy (non-hydrogen) atoms. The second-order valence-corrected chi connectivity index (χ2v) is 8.11. The molecule has 7 heteroatoms. The van der Waals surface area contributed by atoms with Crippen LogP contribution in [0.1, 0.15) is 32.8 Å². The predicted molar refractivity (Wildman–Crippen MR) is 114 cm³/mol. The van der Waals surface area contributed by atoms with Gasteiger partial charge >= 0.3 is 6.09 Å². The highest BCUT2D eigenvalue weighted by atomic mass is 19.1. The van der Waals surface area contributed by atoms with Crippen molar-refractivity contribution in [2.24, 2.45) is 11.7 Å². The highest BCUT2D eigenvalue weighted by Crippen LogP contribution is 2.30.